The molecule has 0 aliphatic carbocycles. The minimum Gasteiger partial charge on any atom is -0.423 e. The monoisotopic (exact) mass is 265 g/mol. The summed E-state index contributed by atoms with van der Waals surface area (Å²) in [5, 5.41) is 18.1. The van der Waals surface area contributed by atoms with Gasteiger partial charge in [-0.2, -0.15) is 0 Å². The molecule has 1 aromatic rings. The maximum atomic E-state index is 13.3. The van der Waals surface area contributed by atoms with Crippen LogP contribution in [0.2, 0.25) is 0 Å². The summed E-state index contributed by atoms with van der Waals surface area (Å²) >= 11 is 0. The van der Waals surface area contributed by atoms with Gasteiger partial charge in [-0.05, 0) is 37.0 Å². The Balaban J connectivity index is 2.21. The maximum Gasteiger partial charge on any atom is 0.491 e. The van der Waals surface area contributed by atoms with Crippen LogP contribution in [0.15, 0.2) is 18.2 Å². The molecule has 1 aromatic carbocycles. The van der Waals surface area contributed by atoms with Crippen molar-refractivity contribution in [2.75, 3.05) is 13.1 Å². The van der Waals surface area contributed by atoms with Gasteiger partial charge in [-0.1, -0.05) is 6.92 Å². The molecule has 2 rings (SSSR count). The summed E-state index contributed by atoms with van der Waals surface area (Å²) in [6.07, 6.45) is 2.07. The number of halogens is 1. The molecule has 1 heterocycles. The summed E-state index contributed by atoms with van der Waals surface area (Å²) in [5.74, 6) is -0.451. The van der Waals surface area contributed by atoms with E-state index >= 15 is 0 Å². The van der Waals surface area contributed by atoms with Gasteiger partial charge >= 0.3 is 7.12 Å². The molecule has 2 N–H and O–H groups in total. The Morgan fingerprint density at radius 1 is 1.47 bits per heavy atom. The fourth-order valence-corrected chi connectivity index (χ4v) is 2.43. The van der Waals surface area contributed by atoms with Crippen LogP contribution >= 0.6 is 0 Å². The van der Waals surface area contributed by atoms with Crippen LogP contribution in [0.25, 0.3) is 0 Å². The topological polar surface area (TPSA) is 60.8 Å². The smallest absolute Gasteiger partial charge is 0.423 e. The maximum absolute atomic E-state index is 13.3. The number of hydrogen-bond acceptors (Lipinski definition) is 3. The Hall–Kier alpha value is -1.40. The van der Waals surface area contributed by atoms with Crippen LogP contribution in [-0.2, 0) is 0 Å². The molecule has 6 heteroatoms. The zero-order valence-corrected chi connectivity index (χ0v) is 10.8. The normalized spacial score (nSPS) is 19.4. The molecule has 19 heavy (non-hydrogen) atoms. The highest BCUT2D eigenvalue weighted by molar-refractivity contribution is 6.58. The molecular weight excluding hydrogens is 248 g/mol. The van der Waals surface area contributed by atoms with Crippen LogP contribution < -0.4 is 5.46 Å². The summed E-state index contributed by atoms with van der Waals surface area (Å²) in [6.45, 7) is 3.47. The van der Waals surface area contributed by atoms with Crippen molar-refractivity contribution in [2.24, 2.45) is 5.92 Å². The van der Waals surface area contributed by atoms with Crippen molar-refractivity contribution >= 4 is 18.5 Å². The first-order valence-electron chi connectivity index (χ1n) is 6.44. The number of carbonyl (C=O) groups excluding carboxylic acids is 1. The molecule has 1 fully saturated rings. The predicted octanol–water partition coefficient (Wildman–Crippen LogP) is 0.378. The van der Waals surface area contributed by atoms with Crippen LogP contribution in [-0.4, -0.2) is 41.1 Å². The standard InChI is InChI=1S/C13H17BFNO3/c1-9-3-2-6-16(8-9)13(17)10-4-5-12(15)11(7-10)14(18)19/h4-5,7,9,18-19H,2-3,6,8H2,1H3/t9-/m0/s1. The number of carbonyl (C=O) groups is 1. The minimum atomic E-state index is -1.91. The lowest BCUT2D eigenvalue weighted by Crippen LogP contribution is -2.40. The van der Waals surface area contributed by atoms with Gasteiger partial charge in [-0.25, -0.2) is 4.39 Å². The van der Waals surface area contributed by atoms with E-state index in [9.17, 15) is 9.18 Å². The van der Waals surface area contributed by atoms with Crippen molar-refractivity contribution in [2.45, 2.75) is 19.8 Å². The first kappa shape index (κ1) is 14.0. The molecule has 0 spiro atoms. The largest absolute Gasteiger partial charge is 0.491 e. The van der Waals surface area contributed by atoms with Crippen LogP contribution in [0.3, 0.4) is 0 Å². The number of benzene rings is 1. The van der Waals surface area contributed by atoms with Crippen molar-refractivity contribution in [3.05, 3.63) is 29.6 Å². The van der Waals surface area contributed by atoms with Gasteiger partial charge in [0.15, 0.2) is 0 Å². The van der Waals surface area contributed by atoms with Crippen LogP contribution in [0.4, 0.5) is 4.39 Å². The number of amides is 1. The van der Waals surface area contributed by atoms with Crippen molar-refractivity contribution < 1.29 is 19.2 Å². The first-order chi connectivity index (χ1) is 8.99. The molecule has 1 amide bonds. The second kappa shape index (κ2) is 5.71. The number of likely N-dealkylation sites (tertiary alicyclic amines) is 1. The Morgan fingerprint density at radius 2 is 2.21 bits per heavy atom. The van der Waals surface area contributed by atoms with Gasteiger partial charge in [0, 0.05) is 24.1 Å². The molecule has 0 radical (unpaired) electrons. The molecule has 0 saturated carbocycles. The lowest BCUT2D eigenvalue weighted by Gasteiger charge is -2.31. The summed E-state index contributed by atoms with van der Waals surface area (Å²) in [4.78, 5) is 14.0. The third kappa shape index (κ3) is 3.14. The van der Waals surface area contributed by atoms with E-state index in [1.165, 1.54) is 12.1 Å². The van der Waals surface area contributed by atoms with E-state index in [1.807, 2.05) is 0 Å². The second-order valence-corrected chi connectivity index (χ2v) is 5.11. The van der Waals surface area contributed by atoms with Crippen molar-refractivity contribution in [1.82, 2.24) is 4.90 Å². The SMILES string of the molecule is C[C@H]1CCCN(C(=O)c2ccc(F)c(B(O)O)c2)C1. The minimum absolute atomic E-state index is 0.187. The molecular formula is C13H17BFNO3. The van der Waals surface area contributed by atoms with Gasteiger partial charge in [0.1, 0.15) is 5.82 Å². The highest BCUT2D eigenvalue weighted by Gasteiger charge is 2.24. The highest BCUT2D eigenvalue weighted by Crippen LogP contribution is 2.17. The zero-order chi connectivity index (χ0) is 14.0. The van der Waals surface area contributed by atoms with E-state index < -0.39 is 12.9 Å². The zero-order valence-electron chi connectivity index (χ0n) is 10.8. The Labute approximate surface area is 112 Å². The molecule has 4 nitrogen and oxygen atoms in total. The molecule has 0 unspecified atom stereocenters. The van der Waals surface area contributed by atoms with E-state index in [-0.39, 0.29) is 11.4 Å². The Morgan fingerprint density at radius 3 is 2.84 bits per heavy atom. The molecule has 0 aromatic heterocycles. The van der Waals surface area contributed by atoms with E-state index in [2.05, 4.69) is 6.92 Å². The van der Waals surface area contributed by atoms with Gasteiger partial charge in [0.2, 0.25) is 0 Å². The quantitative estimate of drug-likeness (QED) is 0.760. The summed E-state index contributed by atoms with van der Waals surface area (Å²) < 4.78 is 13.3. The lowest BCUT2D eigenvalue weighted by molar-refractivity contribution is 0.0683. The van der Waals surface area contributed by atoms with E-state index in [0.717, 1.165) is 18.9 Å². The molecule has 1 atom stereocenters. The third-order valence-corrected chi connectivity index (χ3v) is 3.47. The highest BCUT2D eigenvalue weighted by atomic mass is 19.1. The third-order valence-electron chi connectivity index (χ3n) is 3.47. The van der Waals surface area contributed by atoms with Crippen molar-refractivity contribution in [3.63, 3.8) is 0 Å². The number of piperidine rings is 1. The van der Waals surface area contributed by atoms with E-state index in [0.29, 0.717) is 24.6 Å². The fraction of sp³-hybridized carbons (Fsp3) is 0.462. The number of rotatable bonds is 2. The molecule has 1 aliphatic heterocycles. The van der Waals surface area contributed by atoms with E-state index in [4.69, 9.17) is 10.0 Å². The molecule has 1 saturated heterocycles. The van der Waals surface area contributed by atoms with Gasteiger partial charge in [-0.3, -0.25) is 4.79 Å². The number of hydrogen-bond donors (Lipinski definition) is 2. The van der Waals surface area contributed by atoms with Crippen LogP contribution in [0.5, 0.6) is 0 Å². The molecule has 102 valence electrons. The fourth-order valence-electron chi connectivity index (χ4n) is 2.43. The predicted molar refractivity (Wildman–Crippen MR) is 70.5 cm³/mol. The first-order valence-corrected chi connectivity index (χ1v) is 6.44. The summed E-state index contributed by atoms with van der Waals surface area (Å²) in [7, 11) is -1.91. The second-order valence-electron chi connectivity index (χ2n) is 5.11. The van der Waals surface area contributed by atoms with Crippen molar-refractivity contribution in [1.29, 1.82) is 0 Å². The Kier molecular flexibility index (Phi) is 4.22. The summed E-state index contributed by atoms with van der Waals surface area (Å²) in [6, 6.07) is 3.68. The van der Waals surface area contributed by atoms with Crippen LogP contribution in [0, 0.1) is 11.7 Å². The van der Waals surface area contributed by atoms with Crippen LogP contribution in [0.1, 0.15) is 30.1 Å². The molecule has 0 bridgehead atoms. The van der Waals surface area contributed by atoms with Gasteiger partial charge < -0.3 is 14.9 Å². The van der Waals surface area contributed by atoms with Gasteiger partial charge in [-0.15, -0.1) is 0 Å². The summed E-state index contributed by atoms with van der Waals surface area (Å²) in [5.41, 5.74) is 0.0227. The van der Waals surface area contributed by atoms with Crippen molar-refractivity contribution in [3.8, 4) is 0 Å². The lowest BCUT2D eigenvalue weighted by atomic mass is 9.79. The number of nitrogens with zero attached hydrogens (tertiary/aromatic N) is 1. The molecule has 1 aliphatic rings. The van der Waals surface area contributed by atoms with E-state index in [1.54, 1.807) is 4.90 Å². The Bertz CT molecular complexity index is 481. The van der Waals surface area contributed by atoms with Gasteiger partial charge in [0.25, 0.3) is 5.91 Å². The average molecular weight is 265 g/mol. The average Bonchev–Trinajstić information content (AvgIpc) is 2.38. The van der Waals surface area contributed by atoms with Gasteiger partial charge in [0.05, 0.1) is 0 Å².